The summed E-state index contributed by atoms with van der Waals surface area (Å²) in [7, 11) is 0. The Morgan fingerprint density at radius 3 is 2.59 bits per heavy atom. The smallest absolute Gasteiger partial charge is 0.256 e. The second kappa shape index (κ2) is 12.9. The van der Waals surface area contributed by atoms with Gasteiger partial charge < -0.3 is 26.0 Å². The van der Waals surface area contributed by atoms with E-state index in [0.29, 0.717) is 23.8 Å². The van der Waals surface area contributed by atoms with Crippen molar-refractivity contribution < 1.29 is 14.3 Å². The Bertz CT molecular complexity index is 706. The number of aliphatic hydroxyl groups is 1. The van der Waals surface area contributed by atoms with Crippen LogP contribution >= 0.6 is 0 Å². The minimum atomic E-state index is -0.282. The first-order chi connectivity index (χ1) is 15.6. The maximum atomic E-state index is 13.1. The van der Waals surface area contributed by atoms with Crippen molar-refractivity contribution in [2.45, 2.75) is 82.9 Å². The molecule has 32 heavy (non-hydrogen) atoms. The van der Waals surface area contributed by atoms with E-state index in [1.165, 1.54) is 0 Å². The second-order valence-corrected chi connectivity index (χ2v) is 9.02. The van der Waals surface area contributed by atoms with Gasteiger partial charge in [-0.15, -0.1) is 0 Å². The molecule has 4 N–H and O–H groups in total. The zero-order valence-electron chi connectivity index (χ0n) is 19.3. The number of carbonyl (C=O) groups excluding carboxylic acids is 1. The van der Waals surface area contributed by atoms with Gasteiger partial charge in [-0.1, -0.05) is 13.3 Å². The van der Waals surface area contributed by atoms with Gasteiger partial charge in [-0.3, -0.25) is 9.18 Å². The number of rotatable bonds is 11. The number of nitrogens with one attached hydrogen (secondary N) is 3. The second-order valence-electron chi connectivity index (χ2n) is 9.02. The molecule has 2 aliphatic rings. The van der Waals surface area contributed by atoms with Gasteiger partial charge in [0.15, 0.2) is 0 Å². The first-order valence-electron chi connectivity index (χ1n) is 12.2. The van der Waals surface area contributed by atoms with Gasteiger partial charge in [-0.25, -0.2) is 4.98 Å². The number of alkyl halides is 1. The van der Waals surface area contributed by atoms with Gasteiger partial charge in [-0.05, 0) is 51.4 Å². The Morgan fingerprint density at radius 2 is 1.91 bits per heavy atom. The summed E-state index contributed by atoms with van der Waals surface area (Å²) in [4.78, 5) is 24.3. The van der Waals surface area contributed by atoms with Crippen LogP contribution in [0.2, 0.25) is 0 Å². The molecule has 0 radical (unpaired) electrons. The van der Waals surface area contributed by atoms with Crippen LogP contribution in [0, 0.1) is 0 Å². The van der Waals surface area contributed by atoms with Gasteiger partial charge in [0.1, 0.15) is 11.4 Å². The molecule has 0 atom stereocenters. The van der Waals surface area contributed by atoms with Gasteiger partial charge in [0.25, 0.3) is 5.91 Å². The quantitative estimate of drug-likeness (QED) is 0.385. The summed E-state index contributed by atoms with van der Waals surface area (Å²) in [5.41, 5.74) is 0.456. The number of piperidine rings is 1. The molecule has 1 saturated heterocycles. The van der Waals surface area contributed by atoms with Crippen molar-refractivity contribution >= 4 is 17.7 Å². The van der Waals surface area contributed by atoms with Crippen LogP contribution in [-0.4, -0.2) is 76.9 Å². The number of halogens is 1. The van der Waals surface area contributed by atoms with Gasteiger partial charge >= 0.3 is 0 Å². The molecule has 0 bridgehead atoms. The monoisotopic (exact) mass is 450 g/mol. The maximum absolute atomic E-state index is 13.1. The molecular formula is C23H39FN6O2. The van der Waals surface area contributed by atoms with Crippen molar-refractivity contribution in [3.63, 3.8) is 0 Å². The summed E-state index contributed by atoms with van der Waals surface area (Å²) < 4.78 is 12.4. The fourth-order valence-corrected chi connectivity index (χ4v) is 4.38. The molecule has 1 aromatic rings. The molecule has 1 aliphatic heterocycles. The molecule has 180 valence electrons. The lowest BCUT2D eigenvalue weighted by Crippen LogP contribution is -2.45. The number of nitrogens with zero attached hydrogens (tertiary/aromatic N) is 3. The first kappa shape index (κ1) is 24.6. The van der Waals surface area contributed by atoms with Crippen LogP contribution in [0.4, 0.5) is 16.2 Å². The van der Waals surface area contributed by atoms with Crippen LogP contribution in [-0.2, 0) is 0 Å². The normalized spacial score (nSPS) is 22.5. The number of aromatic nitrogens is 2. The number of anilines is 2. The highest BCUT2D eigenvalue weighted by Crippen LogP contribution is 2.24. The Balaban J connectivity index is 1.63. The van der Waals surface area contributed by atoms with E-state index in [1.54, 1.807) is 6.20 Å². The van der Waals surface area contributed by atoms with Gasteiger partial charge in [-0.2, -0.15) is 4.98 Å². The van der Waals surface area contributed by atoms with E-state index in [0.717, 1.165) is 77.5 Å². The van der Waals surface area contributed by atoms with Gasteiger partial charge in [0.2, 0.25) is 5.95 Å². The number of hydrogen-bond acceptors (Lipinski definition) is 7. The Hall–Kier alpha value is -2.00. The topological polar surface area (TPSA) is 102 Å². The predicted molar refractivity (Wildman–Crippen MR) is 125 cm³/mol. The molecule has 1 amide bonds. The summed E-state index contributed by atoms with van der Waals surface area (Å²) >= 11 is 0. The third kappa shape index (κ3) is 7.55. The highest BCUT2D eigenvalue weighted by atomic mass is 19.1. The molecule has 3 rings (SSSR count). The van der Waals surface area contributed by atoms with Crippen LogP contribution in [0.5, 0.6) is 0 Å². The van der Waals surface area contributed by atoms with Crippen LogP contribution in [0.3, 0.4) is 0 Å². The molecular weight excluding hydrogens is 411 g/mol. The number of carbonyl (C=O) groups is 1. The molecule has 2 heterocycles. The fourth-order valence-electron chi connectivity index (χ4n) is 4.38. The van der Waals surface area contributed by atoms with Crippen molar-refractivity contribution in [3.8, 4) is 0 Å². The summed E-state index contributed by atoms with van der Waals surface area (Å²) in [6.07, 6.45) is 8.98. The van der Waals surface area contributed by atoms with E-state index in [1.807, 2.05) is 0 Å². The van der Waals surface area contributed by atoms with E-state index in [-0.39, 0.29) is 30.8 Å². The molecule has 0 unspecified atom stereocenters. The highest BCUT2D eigenvalue weighted by molar-refractivity contribution is 5.98. The zero-order valence-corrected chi connectivity index (χ0v) is 19.3. The van der Waals surface area contributed by atoms with Crippen molar-refractivity contribution in [2.75, 3.05) is 43.5 Å². The lowest BCUT2D eigenvalue weighted by Gasteiger charge is -2.32. The molecule has 9 heteroatoms. The fraction of sp³-hybridized carbons (Fsp3) is 0.783. The number of hydrogen-bond donors (Lipinski definition) is 4. The molecule has 1 aliphatic carbocycles. The van der Waals surface area contributed by atoms with E-state index in [2.05, 4.69) is 37.7 Å². The summed E-state index contributed by atoms with van der Waals surface area (Å²) in [5, 5.41) is 19.6. The highest BCUT2D eigenvalue weighted by Gasteiger charge is 2.25. The van der Waals surface area contributed by atoms with E-state index < -0.39 is 0 Å². The van der Waals surface area contributed by atoms with Crippen LogP contribution in [0.1, 0.15) is 75.1 Å². The lowest BCUT2D eigenvalue weighted by atomic mass is 9.93. The molecule has 8 nitrogen and oxygen atoms in total. The molecule has 0 aromatic carbocycles. The van der Waals surface area contributed by atoms with Crippen molar-refractivity contribution in [2.24, 2.45) is 0 Å². The average Bonchev–Trinajstić information content (AvgIpc) is 2.80. The molecule has 2 fully saturated rings. The first-order valence-corrected chi connectivity index (χ1v) is 12.2. The van der Waals surface area contributed by atoms with Crippen LogP contribution in [0.15, 0.2) is 6.20 Å². The summed E-state index contributed by atoms with van der Waals surface area (Å²) in [5.74, 6) is 0.915. The average molecular weight is 451 g/mol. The number of likely N-dealkylation sites (tertiary alicyclic amines) is 1. The standard InChI is InChI=1S/C23H39FN6O2/c1-2-3-12-25-23-26-16-20(21(29-23)27-17-5-7-19(31)8-6-17)22(32)28-18-9-14-30(15-10-18)13-4-11-24/h16-19,31H,2-15H2,1H3,(H,28,32)(H2,25,26,27,29). The lowest BCUT2D eigenvalue weighted by molar-refractivity contribution is 0.0910. The minimum absolute atomic E-state index is 0.101. The van der Waals surface area contributed by atoms with E-state index in [9.17, 15) is 14.3 Å². The van der Waals surface area contributed by atoms with E-state index >= 15 is 0 Å². The number of aliphatic hydroxyl groups excluding tert-OH is 1. The van der Waals surface area contributed by atoms with Gasteiger partial charge in [0, 0.05) is 44.5 Å². The van der Waals surface area contributed by atoms with Crippen LogP contribution in [0.25, 0.3) is 0 Å². The van der Waals surface area contributed by atoms with E-state index in [4.69, 9.17) is 0 Å². The maximum Gasteiger partial charge on any atom is 0.256 e. The number of unbranched alkanes of at least 4 members (excludes halogenated alkanes) is 1. The molecule has 1 aromatic heterocycles. The Morgan fingerprint density at radius 1 is 1.16 bits per heavy atom. The Labute approximate surface area is 190 Å². The van der Waals surface area contributed by atoms with Crippen molar-refractivity contribution in [1.82, 2.24) is 20.2 Å². The van der Waals surface area contributed by atoms with Gasteiger partial charge in [0.05, 0.1) is 12.8 Å². The predicted octanol–water partition coefficient (Wildman–Crippen LogP) is 2.96. The molecule has 1 saturated carbocycles. The van der Waals surface area contributed by atoms with Crippen molar-refractivity contribution in [3.05, 3.63) is 11.8 Å². The van der Waals surface area contributed by atoms with Crippen LogP contribution < -0.4 is 16.0 Å². The number of amides is 1. The SMILES string of the molecule is CCCCNc1ncc(C(=O)NC2CCN(CCCF)CC2)c(NC2CCC(O)CC2)n1. The zero-order chi connectivity index (χ0) is 22.8. The largest absolute Gasteiger partial charge is 0.393 e. The molecule has 0 spiro atoms. The Kier molecular flexibility index (Phi) is 9.92. The summed E-state index contributed by atoms with van der Waals surface area (Å²) in [6.45, 7) is 5.16. The minimum Gasteiger partial charge on any atom is -0.393 e. The summed E-state index contributed by atoms with van der Waals surface area (Å²) in [6, 6.07) is 0.284. The third-order valence-electron chi connectivity index (χ3n) is 6.42. The third-order valence-corrected chi connectivity index (χ3v) is 6.42. The van der Waals surface area contributed by atoms with Crippen molar-refractivity contribution in [1.29, 1.82) is 0 Å².